The SMILES string of the molecule is CN(Cc1ccccc1)C(=O)c1cccc(NC(=O)CNCC2CCCO2)c1. The molecule has 0 saturated carbocycles. The molecule has 0 aromatic heterocycles. The van der Waals surface area contributed by atoms with Crippen LogP contribution in [0.3, 0.4) is 0 Å². The second-order valence-corrected chi connectivity index (χ2v) is 7.04. The van der Waals surface area contributed by atoms with Crippen molar-refractivity contribution >= 4 is 17.5 Å². The maximum atomic E-state index is 12.7. The van der Waals surface area contributed by atoms with E-state index in [1.165, 1.54) is 0 Å². The third-order valence-electron chi connectivity index (χ3n) is 4.68. The number of carbonyl (C=O) groups is 2. The monoisotopic (exact) mass is 381 g/mol. The molecule has 0 spiro atoms. The predicted octanol–water partition coefficient (Wildman–Crippen LogP) is 2.67. The van der Waals surface area contributed by atoms with Crippen molar-refractivity contribution in [1.82, 2.24) is 10.2 Å². The number of anilines is 1. The first-order valence-corrected chi connectivity index (χ1v) is 9.63. The fourth-order valence-electron chi connectivity index (χ4n) is 3.24. The summed E-state index contributed by atoms with van der Waals surface area (Å²) in [4.78, 5) is 26.5. The van der Waals surface area contributed by atoms with E-state index in [-0.39, 0.29) is 24.5 Å². The molecule has 148 valence electrons. The highest BCUT2D eigenvalue weighted by atomic mass is 16.5. The van der Waals surface area contributed by atoms with Crippen molar-refractivity contribution in [1.29, 1.82) is 0 Å². The zero-order chi connectivity index (χ0) is 19.8. The molecule has 2 amide bonds. The topological polar surface area (TPSA) is 70.7 Å². The Morgan fingerprint density at radius 2 is 1.96 bits per heavy atom. The maximum Gasteiger partial charge on any atom is 0.253 e. The van der Waals surface area contributed by atoms with E-state index in [2.05, 4.69) is 10.6 Å². The summed E-state index contributed by atoms with van der Waals surface area (Å²) in [6.07, 6.45) is 2.32. The van der Waals surface area contributed by atoms with Gasteiger partial charge in [-0.05, 0) is 36.6 Å². The first kappa shape index (κ1) is 20.0. The van der Waals surface area contributed by atoms with Crippen LogP contribution in [0.1, 0.15) is 28.8 Å². The van der Waals surface area contributed by atoms with Crippen LogP contribution in [0.25, 0.3) is 0 Å². The molecular weight excluding hydrogens is 354 g/mol. The normalized spacial score (nSPS) is 16.0. The Kier molecular flexibility index (Phi) is 7.17. The van der Waals surface area contributed by atoms with Crippen LogP contribution in [0.4, 0.5) is 5.69 Å². The smallest absolute Gasteiger partial charge is 0.253 e. The molecule has 1 fully saturated rings. The Balaban J connectivity index is 1.50. The summed E-state index contributed by atoms with van der Waals surface area (Å²) < 4.78 is 5.52. The molecule has 6 nitrogen and oxygen atoms in total. The summed E-state index contributed by atoms with van der Waals surface area (Å²) in [5.41, 5.74) is 2.23. The summed E-state index contributed by atoms with van der Waals surface area (Å²) in [7, 11) is 1.77. The van der Waals surface area contributed by atoms with Gasteiger partial charge >= 0.3 is 0 Å². The summed E-state index contributed by atoms with van der Waals surface area (Å²) in [6.45, 7) is 2.23. The van der Waals surface area contributed by atoms with E-state index in [4.69, 9.17) is 4.74 Å². The van der Waals surface area contributed by atoms with E-state index in [0.717, 1.165) is 25.0 Å². The van der Waals surface area contributed by atoms with E-state index in [1.54, 1.807) is 36.2 Å². The van der Waals surface area contributed by atoms with Crippen LogP contribution in [0.5, 0.6) is 0 Å². The van der Waals surface area contributed by atoms with E-state index >= 15 is 0 Å². The van der Waals surface area contributed by atoms with Crippen molar-refractivity contribution in [2.45, 2.75) is 25.5 Å². The van der Waals surface area contributed by atoms with E-state index in [0.29, 0.717) is 24.3 Å². The van der Waals surface area contributed by atoms with Gasteiger partial charge in [0.2, 0.25) is 5.91 Å². The molecule has 1 saturated heterocycles. The first-order chi connectivity index (χ1) is 13.6. The third-order valence-corrected chi connectivity index (χ3v) is 4.68. The van der Waals surface area contributed by atoms with Crippen molar-refractivity contribution in [3.63, 3.8) is 0 Å². The van der Waals surface area contributed by atoms with Gasteiger partial charge in [-0.15, -0.1) is 0 Å². The molecule has 3 rings (SSSR count). The molecule has 0 aliphatic carbocycles. The van der Waals surface area contributed by atoms with Crippen LogP contribution in [0, 0.1) is 0 Å². The number of nitrogens with one attached hydrogen (secondary N) is 2. The fourth-order valence-corrected chi connectivity index (χ4v) is 3.24. The highest BCUT2D eigenvalue weighted by Crippen LogP contribution is 2.14. The lowest BCUT2D eigenvalue weighted by atomic mass is 10.1. The summed E-state index contributed by atoms with van der Waals surface area (Å²) >= 11 is 0. The molecule has 0 radical (unpaired) electrons. The van der Waals surface area contributed by atoms with Crippen LogP contribution >= 0.6 is 0 Å². The van der Waals surface area contributed by atoms with Gasteiger partial charge in [0.05, 0.1) is 12.6 Å². The fraction of sp³-hybridized carbons (Fsp3) is 0.364. The van der Waals surface area contributed by atoms with Gasteiger partial charge in [0.25, 0.3) is 5.91 Å². The van der Waals surface area contributed by atoms with Gasteiger partial charge in [0, 0.05) is 38.0 Å². The van der Waals surface area contributed by atoms with Crippen molar-refractivity contribution < 1.29 is 14.3 Å². The second kappa shape index (κ2) is 10.0. The summed E-state index contributed by atoms with van der Waals surface area (Å²) in [5, 5.41) is 5.96. The quantitative estimate of drug-likeness (QED) is 0.738. The number of nitrogens with zero attached hydrogens (tertiary/aromatic N) is 1. The van der Waals surface area contributed by atoms with Crippen LogP contribution < -0.4 is 10.6 Å². The largest absolute Gasteiger partial charge is 0.377 e. The number of carbonyl (C=O) groups excluding carboxylic acids is 2. The van der Waals surface area contributed by atoms with Crippen molar-refractivity contribution in [3.8, 4) is 0 Å². The zero-order valence-electron chi connectivity index (χ0n) is 16.2. The molecule has 1 heterocycles. The van der Waals surface area contributed by atoms with E-state index in [9.17, 15) is 9.59 Å². The Labute approximate surface area is 165 Å². The number of ether oxygens (including phenoxy) is 1. The standard InChI is InChI=1S/C22H27N3O3/c1-25(16-17-7-3-2-4-8-17)22(27)18-9-5-10-19(13-18)24-21(26)15-23-14-20-11-6-12-28-20/h2-5,7-10,13,20,23H,6,11-12,14-16H2,1H3,(H,24,26). The summed E-state index contributed by atoms with van der Waals surface area (Å²) in [6, 6.07) is 16.9. The van der Waals surface area contributed by atoms with Gasteiger partial charge in [-0.2, -0.15) is 0 Å². The Hall–Kier alpha value is -2.70. The lowest BCUT2D eigenvalue weighted by molar-refractivity contribution is -0.115. The molecule has 2 aromatic rings. The molecule has 6 heteroatoms. The molecule has 1 atom stereocenters. The number of benzene rings is 2. The molecule has 0 bridgehead atoms. The minimum absolute atomic E-state index is 0.0866. The highest BCUT2D eigenvalue weighted by molar-refractivity contribution is 5.97. The Bertz CT molecular complexity index is 789. The van der Waals surface area contributed by atoms with Crippen molar-refractivity contribution in [2.24, 2.45) is 0 Å². The molecule has 1 aliphatic rings. The van der Waals surface area contributed by atoms with Gasteiger partial charge in [0.15, 0.2) is 0 Å². The number of hydrogen-bond acceptors (Lipinski definition) is 4. The van der Waals surface area contributed by atoms with Crippen LogP contribution in [0.15, 0.2) is 54.6 Å². The highest BCUT2D eigenvalue weighted by Gasteiger charge is 2.16. The van der Waals surface area contributed by atoms with Gasteiger partial charge in [-0.25, -0.2) is 0 Å². The van der Waals surface area contributed by atoms with Gasteiger partial charge in [-0.3, -0.25) is 9.59 Å². The van der Waals surface area contributed by atoms with Crippen molar-refractivity contribution in [2.75, 3.05) is 32.1 Å². The minimum Gasteiger partial charge on any atom is -0.377 e. The number of hydrogen-bond donors (Lipinski definition) is 2. The summed E-state index contributed by atoms with van der Waals surface area (Å²) in [5.74, 6) is -0.225. The lowest BCUT2D eigenvalue weighted by Crippen LogP contribution is -2.33. The third kappa shape index (κ3) is 5.90. The van der Waals surface area contributed by atoms with Crippen LogP contribution in [-0.2, 0) is 16.1 Å². The van der Waals surface area contributed by atoms with Crippen molar-refractivity contribution in [3.05, 3.63) is 65.7 Å². The molecule has 1 unspecified atom stereocenters. The minimum atomic E-state index is -0.139. The van der Waals surface area contributed by atoms with Gasteiger partial charge in [0.1, 0.15) is 0 Å². The zero-order valence-corrected chi connectivity index (χ0v) is 16.2. The van der Waals surface area contributed by atoms with E-state index < -0.39 is 0 Å². The molecule has 1 aliphatic heterocycles. The predicted molar refractivity (Wildman–Crippen MR) is 109 cm³/mol. The van der Waals surface area contributed by atoms with Crippen LogP contribution in [-0.4, -0.2) is 49.6 Å². The molecule has 28 heavy (non-hydrogen) atoms. The van der Waals surface area contributed by atoms with Gasteiger partial charge in [-0.1, -0.05) is 36.4 Å². The maximum absolute atomic E-state index is 12.7. The number of rotatable bonds is 8. The average molecular weight is 381 g/mol. The second-order valence-electron chi connectivity index (χ2n) is 7.04. The first-order valence-electron chi connectivity index (χ1n) is 9.63. The van der Waals surface area contributed by atoms with Gasteiger partial charge < -0.3 is 20.3 Å². The molecule has 2 N–H and O–H groups in total. The average Bonchev–Trinajstić information content (AvgIpc) is 3.22. The molecular formula is C22H27N3O3. The Morgan fingerprint density at radius 1 is 1.14 bits per heavy atom. The Morgan fingerprint density at radius 3 is 2.71 bits per heavy atom. The lowest BCUT2D eigenvalue weighted by Gasteiger charge is -2.18. The van der Waals surface area contributed by atoms with E-state index in [1.807, 2.05) is 30.3 Å². The number of amides is 2. The molecule has 2 aromatic carbocycles. The van der Waals surface area contributed by atoms with Crippen LogP contribution in [0.2, 0.25) is 0 Å².